The second kappa shape index (κ2) is 7.58. The summed E-state index contributed by atoms with van der Waals surface area (Å²) in [6.45, 7) is 3.86. The maximum atomic E-state index is 12.2. The molecule has 0 aliphatic rings. The Balaban J connectivity index is 1.67. The number of hydrogen-bond acceptors (Lipinski definition) is 6. The Morgan fingerprint density at radius 2 is 1.85 bits per heavy atom. The summed E-state index contributed by atoms with van der Waals surface area (Å²) in [7, 11) is 1.65. The fraction of sp³-hybridized carbons (Fsp3) is 0.222. The van der Waals surface area contributed by atoms with Gasteiger partial charge in [-0.15, -0.1) is 11.3 Å². The van der Waals surface area contributed by atoms with E-state index in [2.05, 4.69) is 15.6 Å². The molecule has 1 aromatic carbocycles. The van der Waals surface area contributed by atoms with Gasteiger partial charge in [0.1, 0.15) is 5.69 Å². The predicted molar refractivity (Wildman–Crippen MR) is 103 cm³/mol. The van der Waals surface area contributed by atoms with Crippen LogP contribution in [0.25, 0.3) is 10.2 Å². The van der Waals surface area contributed by atoms with Crippen LogP contribution in [0.2, 0.25) is 0 Å². The Labute approximate surface area is 159 Å². The molecule has 140 valence electrons. The van der Waals surface area contributed by atoms with Gasteiger partial charge in [-0.3, -0.25) is 9.59 Å². The molecule has 27 heavy (non-hydrogen) atoms. The zero-order valence-corrected chi connectivity index (χ0v) is 15.8. The van der Waals surface area contributed by atoms with E-state index in [0.717, 1.165) is 15.2 Å². The minimum Gasteiger partial charge on any atom is -0.461 e. The lowest BCUT2D eigenvalue weighted by Crippen LogP contribution is -2.28. The van der Waals surface area contributed by atoms with Gasteiger partial charge in [-0.25, -0.2) is 9.78 Å². The summed E-state index contributed by atoms with van der Waals surface area (Å²) in [5.41, 5.74) is 1.95. The maximum Gasteiger partial charge on any atom is 0.355 e. The maximum absolute atomic E-state index is 12.2. The number of amides is 2. The van der Waals surface area contributed by atoms with Gasteiger partial charge in [-0.05, 0) is 38.1 Å². The summed E-state index contributed by atoms with van der Waals surface area (Å²) in [6.07, 6.45) is 1.53. The van der Waals surface area contributed by atoms with E-state index in [4.69, 9.17) is 4.74 Å². The Morgan fingerprint density at radius 1 is 1.15 bits per heavy atom. The van der Waals surface area contributed by atoms with Gasteiger partial charge in [0, 0.05) is 18.9 Å². The zero-order chi connectivity index (χ0) is 19.6. The number of carbonyl (C=O) groups excluding carboxylic acids is 3. The summed E-state index contributed by atoms with van der Waals surface area (Å²) in [5.74, 6) is -2.15. The van der Waals surface area contributed by atoms with Crippen molar-refractivity contribution in [2.75, 3.05) is 17.2 Å². The Hall–Kier alpha value is -3.20. The van der Waals surface area contributed by atoms with E-state index >= 15 is 0 Å². The van der Waals surface area contributed by atoms with E-state index in [0.29, 0.717) is 11.4 Å². The van der Waals surface area contributed by atoms with Crippen LogP contribution in [0.5, 0.6) is 0 Å². The average Bonchev–Trinajstić information content (AvgIpc) is 3.16. The van der Waals surface area contributed by atoms with Gasteiger partial charge in [-0.2, -0.15) is 0 Å². The van der Waals surface area contributed by atoms with E-state index in [1.807, 2.05) is 6.92 Å². The van der Waals surface area contributed by atoms with Crippen LogP contribution in [0.4, 0.5) is 11.4 Å². The van der Waals surface area contributed by atoms with Crippen LogP contribution in [0.15, 0.2) is 30.5 Å². The number of rotatable bonds is 4. The van der Waals surface area contributed by atoms with Gasteiger partial charge in [0.05, 0.1) is 27.5 Å². The molecule has 0 saturated heterocycles. The molecule has 3 aromatic rings. The quantitative estimate of drug-likeness (QED) is 0.530. The molecule has 0 unspecified atom stereocenters. The summed E-state index contributed by atoms with van der Waals surface area (Å²) in [4.78, 5) is 40.5. The van der Waals surface area contributed by atoms with Crippen LogP contribution in [-0.4, -0.2) is 33.9 Å². The molecule has 2 heterocycles. The minimum atomic E-state index is -0.836. The molecule has 9 heteroatoms. The van der Waals surface area contributed by atoms with Gasteiger partial charge in [0.15, 0.2) is 0 Å². The number of aryl methyl sites for hydroxylation is 2. The van der Waals surface area contributed by atoms with Gasteiger partial charge in [-0.1, -0.05) is 0 Å². The third-order valence-corrected chi connectivity index (χ3v) is 4.64. The third kappa shape index (κ3) is 4.14. The van der Waals surface area contributed by atoms with Crippen molar-refractivity contribution in [3.05, 3.63) is 41.2 Å². The van der Waals surface area contributed by atoms with Crippen molar-refractivity contribution in [2.45, 2.75) is 13.8 Å². The van der Waals surface area contributed by atoms with Crippen LogP contribution in [0, 0.1) is 6.92 Å². The summed E-state index contributed by atoms with van der Waals surface area (Å²) < 4.78 is 7.38. The number of ether oxygens (including phenoxy) is 1. The van der Waals surface area contributed by atoms with Crippen molar-refractivity contribution < 1.29 is 19.1 Å². The molecular formula is C18H18N4O4S. The monoisotopic (exact) mass is 386 g/mol. The van der Waals surface area contributed by atoms with Gasteiger partial charge in [0.2, 0.25) is 0 Å². The van der Waals surface area contributed by atoms with E-state index in [-0.39, 0.29) is 12.3 Å². The van der Waals surface area contributed by atoms with Crippen LogP contribution in [-0.2, 0) is 21.4 Å². The fourth-order valence-electron chi connectivity index (χ4n) is 2.53. The van der Waals surface area contributed by atoms with E-state index < -0.39 is 17.8 Å². The Kier molecular flexibility index (Phi) is 5.22. The first-order valence-electron chi connectivity index (χ1n) is 8.20. The SMILES string of the molecule is CCOC(=O)c1cc(NC(=O)C(=O)Nc2ccc3nc(C)sc3c2)cn1C. The van der Waals surface area contributed by atoms with Crippen molar-refractivity contribution in [3.8, 4) is 0 Å². The Bertz CT molecular complexity index is 1040. The first-order valence-corrected chi connectivity index (χ1v) is 9.02. The molecule has 2 N–H and O–H groups in total. The molecule has 0 aliphatic carbocycles. The molecule has 8 nitrogen and oxygen atoms in total. The van der Waals surface area contributed by atoms with E-state index in [1.54, 1.807) is 32.2 Å². The van der Waals surface area contributed by atoms with Crippen molar-refractivity contribution >= 4 is 50.7 Å². The smallest absolute Gasteiger partial charge is 0.355 e. The zero-order valence-electron chi connectivity index (χ0n) is 15.0. The lowest BCUT2D eigenvalue weighted by molar-refractivity contribution is -0.132. The molecular weight excluding hydrogens is 368 g/mol. The van der Waals surface area contributed by atoms with Crippen molar-refractivity contribution in [1.82, 2.24) is 9.55 Å². The number of thiazole rings is 1. The molecule has 3 rings (SSSR count). The summed E-state index contributed by atoms with van der Waals surface area (Å²) in [5, 5.41) is 5.95. The van der Waals surface area contributed by atoms with E-state index in [9.17, 15) is 14.4 Å². The highest BCUT2D eigenvalue weighted by Crippen LogP contribution is 2.24. The second-order valence-corrected chi connectivity index (χ2v) is 7.00. The highest BCUT2D eigenvalue weighted by molar-refractivity contribution is 7.18. The molecule has 0 saturated carbocycles. The van der Waals surface area contributed by atoms with Crippen LogP contribution in [0.1, 0.15) is 22.4 Å². The molecule has 0 atom stereocenters. The standard InChI is InChI=1S/C18H18N4O4S/c1-4-26-18(25)14-7-12(9-22(14)3)21-17(24)16(23)20-11-5-6-13-15(8-11)27-10(2)19-13/h5-9H,4H2,1-3H3,(H,20,23)(H,21,24). The van der Waals surface area contributed by atoms with Crippen molar-refractivity contribution in [3.63, 3.8) is 0 Å². The third-order valence-electron chi connectivity index (χ3n) is 3.71. The van der Waals surface area contributed by atoms with Crippen LogP contribution >= 0.6 is 11.3 Å². The number of aromatic nitrogens is 2. The number of anilines is 2. The number of esters is 1. The molecule has 2 amide bonds. The summed E-state index contributed by atoms with van der Waals surface area (Å²) in [6, 6.07) is 6.70. The first-order chi connectivity index (χ1) is 12.9. The molecule has 0 aliphatic heterocycles. The normalized spacial score (nSPS) is 10.6. The Morgan fingerprint density at radius 3 is 2.56 bits per heavy atom. The molecule has 0 fully saturated rings. The molecule has 0 radical (unpaired) electrons. The lowest BCUT2D eigenvalue weighted by Gasteiger charge is -2.05. The van der Waals surface area contributed by atoms with Crippen LogP contribution < -0.4 is 10.6 Å². The number of nitrogens with one attached hydrogen (secondary N) is 2. The molecule has 2 aromatic heterocycles. The van der Waals surface area contributed by atoms with Gasteiger partial charge < -0.3 is 19.9 Å². The highest BCUT2D eigenvalue weighted by atomic mass is 32.1. The van der Waals surface area contributed by atoms with E-state index in [1.165, 1.54) is 28.2 Å². The fourth-order valence-corrected chi connectivity index (χ4v) is 3.40. The number of hydrogen-bond donors (Lipinski definition) is 2. The van der Waals surface area contributed by atoms with Crippen molar-refractivity contribution in [1.29, 1.82) is 0 Å². The number of fused-ring (bicyclic) bond motifs is 1. The first kappa shape index (κ1) is 18.6. The minimum absolute atomic E-state index is 0.248. The van der Waals surface area contributed by atoms with Crippen LogP contribution in [0.3, 0.4) is 0 Å². The second-order valence-electron chi connectivity index (χ2n) is 5.77. The highest BCUT2D eigenvalue weighted by Gasteiger charge is 2.18. The topological polar surface area (TPSA) is 102 Å². The average molecular weight is 386 g/mol. The van der Waals surface area contributed by atoms with Crippen molar-refractivity contribution in [2.24, 2.45) is 7.05 Å². The summed E-state index contributed by atoms with van der Waals surface area (Å²) >= 11 is 1.51. The van der Waals surface area contributed by atoms with Gasteiger partial charge >= 0.3 is 17.8 Å². The number of benzene rings is 1. The number of carbonyl (C=O) groups is 3. The molecule has 0 bridgehead atoms. The lowest BCUT2D eigenvalue weighted by atomic mass is 10.3. The predicted octanol–water partition coefficient (Wildman–Crippen LogP) is 2.70. The number of nitrogens with zero attached hydrogens (tertiary/aromatic N) is 2. The van der Waals surface area contributed by atoms with Gasteiger partial charge in [0.25, 0.3) is 0 Å². The largest absolute Gasteiger partial charge is 0.461 e. The molecule has 0 spiro atoms.